The third-order valence-corrected chi connectivity index (χ3v) is 1.72. The molecule has 0 saturated carbocycles. The summed E-state index contributed by atoms with van der Waals surface area (Å²) in [6.07, 6.45) is 2.82. The molecular formula is C4H9Cl2In. The molecule has 0 spiro atoms. The van der Waals surface area contributed by atoms with Crippen LogP contribution in [0.25, 0.3) is 0 Å². The fourth-order valence-corrected chi connectivity index (χ4v) is 1.37. The molecule has 0 aliphatic carbocycles. The Labute approximate surface area is 72.8 Å². The van der Waals surface area contributed by atoms with Crippen molar-refractivity contribution in [3.05, 3.63) is 0 Å². The van der Waals surface area contributed by atoms with E-state index in [-0.39, 0.29) is 24.8 Å². The van der Waals surface area contributed by atoms with Gasteiger partial charge in [0.15, 0.2) is 0 Å². The molecule has 0 aromatic carbocycles. The van der Waals surface area contributed by atoms with Crippen LogP contribution < -0.4 is 24.8 Å². The quantitative estimate of drug-likeness (QED) is 0.457. The Morgan fingerprint density at radius 3 is 1.71 bits per heavy atom. The second-order valence-corrected chi connectivity index (χ2v) is 2.79. The Kier molecular flexibility index (Phi) is 35.3. The van der Waals surface area contributed by atoms with Crippen molar-refractivity contribution >= 4 is 24.4 Å². The second kappa shape index (κ2) is 15.7. The zero-order chi connectivity index (χ0) is 4.12. The van der Waals surface area contributed by atoms with E-state index in [1.54, 1.807) is 0 Å². The van der Waals surface area contributed by atoms with Crippen molar-refractivity contribution in [1.82, 2.24) is 0 Å². The van der Waals surface area contributed by atoms with Gasteiger partial charge in [-0.05, 0) is 0 Å². The van der Waals surface area contributed by atoms with E-state index in [0.29, 0.717) is 0 Å². The molecule has 0 aliphatic heterocycles. The molecule has 3 heteroatoms. The molecule has 0 bridgehead atoms. The van der Waals surface area contributed by atoms with Crippen molar-refractivity contribution in [2.45, 2.75) is 23.9 Å². The van der Waals surface area contributed by atoms with Crippen molar-refractivity contribution in [3.63, 3.8) is 0 Å². The molecule has 0 rings (SSSR count). The standard InChI is InChI=1S/C4H9.2ClH.In/c1-3-4-2;;;/h1,3-4H2,2H3;2*1H;/q;;;+2/p-2. The Morgan fingerprint density at radius 1 is 1.29 bits per heavy atom. The number of hydrogen-bond acceptors (Lipinski definition) is 0. The van der Waals surface area contributed by atoms with Gasteiger partial charge in [0.2, 0.25) is 0 Å². The Morgan fingerprint density at radius 2 is 1.71 bits per heavy atom. The molecule has 0 saturated heterocycles. The van der Waals surface area contributed by atoms with Gasteiger partial charge in [-0.2, -0.15) is 0 Å². The molecule has 7 heavy (non-hydrogen) atoms. The number of halogens is 2. The van der Waals surface area contributed by atoms with E-state index in [2.05, 4.69) is 6.92 Å². The molecule has 0 atom stereocenters. The van der Waals surface area contributed by atoms with E-state index in [1.807, 2.05) is 0 Å². The van der Waals surface area contributed by atoms with Gasteiger partial charge in [0.25, 0.3) is 0 Å². The van der Waals surface area contributed by atoms with Crippen LogP contribution in [0.2, 0.25) is 4.18 Å². The largest absolute Gasteiger partial charge is 1.00 e. The van der Waals surface area contributed by atoms with Gasteiger partial charge in [-0.25, -0.2) is 0 Å². The van der Waals surface area contributed by atoms with Crippen LogP contribution in [0.3, 0.4) is 0 Å². The maximum atomic E-state index is 2.23. The number of unbranched alkanes of at least 4 members (excludes halogenated alkanes) is 1. The fourth-order valence-electron chi connectivity index (χ4n) is 0.204. The summed E-state index contributed by atoms with van der Waals surface area (Å²) >= 11 is 1.45. The summed E-state index contributed by atoms with van der Waals surface area (Å²) in [7, 11) is 0. The smallest absolute Gasteiger partial charge is 1.00 e. The van der Waals surface area contributed by atoms with Crippen LogP contribution in [0.4, 0.5) is 0 Å². The molecule has 0 heterocycles. The summed E-state index contributed by atoms with van der Waals surface area (Å²) in [5.41, 5.74) is 0. The van der Waals surface area contributed by atoms with E-state index < -0.39 is 0 Å². The molecule has 0 fully saturated rings. The monoisotopic (exact) mass is 242 g/mol. The second-order valence-electron chi connectivity index (χ2n) is 1.14. The summed E-state index contributed by atoms with van der Waals surface area (Å²) in [4.78, 5) is 0. The first kappa shape index (κ1) is 15.8. The Hall–Kier alpha value is 1.45. The van der Waals surface area contributed by atoms with Gasteiger partial charge < -0.3 is 24.8 Å². The molecule has 0 radical (unpaired) electrons. The molecule has 0 aromatic rings. The van der Waals surface area contributed by atoms with Gasteiger partial charge in [0, 0.05) is 0 Å². The molecule has 0 N–H and O–H groups in total. The fraction of sp³-hybridized carbons (Fsp3) is 1.00. The first-order valence-electron chi connectivity index (χ1n) is 2.12. The number of rotatable bonds is 2. The maximum Gasteiger partial charge on any atom is -1.00 e. The van der Waals surface area contributed by atoms with Crippen molar-refractivity contribution < 1.29 is 24.8 Å². The summed E-state index contributed by atoms with van der Waals surface area (Å²) in [6.45, 7) is 2.23. The average Bonchev–Trinajstić information content (AvgIpc) is 1.41. The van der Waals surface area contributed by atoms with Crippen LogP contribution in [0.1, 0.15) is 19.8 Å². The van der Waals surface area contributed by atoms with Gasteiger partial charge in [-0.1, -0.05) is 0 Å². The van der Waals surface area contributed by atoms with Crippen LogP contribution in [0, 0.1) is 0 Å². The minimum Gasteiger partial charge on any atom is -1.00 e. The molecule has 0 nitrogen and oxygen atoms in total. The van der Waals surface area contributed by atoms with Crippen LogP contribution in [0.5, 0.6) is 0 Å². The summed E-state index contributed by atoms with van der Waals surface area (Å²) in [5, 5.41) is 0. The van der Waals surface area contributed by atoms with Crippen LogP contribution in [-0.4, -0.2) is 24.4 Å². The molecule has 42 valence electrons. The van der Waals surface area contributed by atoms with E-state index in [4.69, 9.17) is 0 Å². The van der Waals surface area contributed by atoms with Gasteiger partial charge in [-0.15, -0.1) is 0 Å². The van der Waals surface area contributed by atoms with Crippen LogP contribution in [-0.2, 0) is 0 Å². The van der Waals surface area contributed by atoms with Gasteiger partial charge in [-0.3, -0.25) is 0 Å². The molecule has 0 aromatic heterocycles. The Bertz CT molecular complexity index is 17.2. The SMILES string of the molecule is CCC[CH2][In+2].[Cl-].[Cl-]. The zero-order valence-electron chi connectivity index (χ0n) is 4.45. The molecule has 0 aliphatic rings. The van der Waals surface area contributed by atoms with E-state index >= 15 is 0 Å². The molecular weight excluding hydrogens is 234 g/mol. The van der Waals surface area contributed by atoms with E-state index in [1.165, 1.54) is 41.4 Å². The van der Waals surface area contributed by atoms with E-state index in [9.17, 15) is 0 Å². The predicted octanol–water partition coefficient (Wildman–Crippen LogP) is -4.62. The van der Waals surface area contributed by atoms with Crippen molar-refractivity contribution in [3.8, 4) is 0 Å². The Balaban J connectivity index is -0.0000000800. The summed E-state index contributed by atoms with van der Waals surface area (Å²) < 4.78 is 1.47. The van der Waals surface area contributed by atoms with Crippen molar-refractivity contribution in [2.75, 3.05) is 0 Å². The zero-order valence-corrected chi connectivity index (χ0v) is 9.26. The average molecular weight is 243 g/mol. The van der Waals surface area contributed by atoms with E-state index in [0.717, 1.165) is 0 Å². The van der Waals surface area contributed by atoms with Gasteiger partial charge in [0.1, 0.15) is 0 Å². The van der Waals surface area contributed by atoms with Crippen molar-refractivity contribution in [1.29, 1.82) is 0 Å². The minimum absolute atomic E-state index is 0. The molecule has 0 amide bonds. The summed E-state index contributed by atoms with van der Waals surface area (Å²) in [6, 6.07) is 0. The maximum absolute atomic E-state index is 2.23. The first-order chi connectivity index (χ1) is 2.41. The summed E-state index contributed by atoms with van der Waals surface area (Å²) in [5.74, 6) is 0. The van der Waals surface area contributed by atoms with Crippen molar-refractivity contribution in [2.24, 2.45) is 0 Å². The van der Waals surface area contributed by atoms with Crippen LogP contribution in [0.15, 0.2) is 0 Å². The van der Waals surface area contributed by atoms with Crippen LogP contribution >= 0.6 is 0 Å². The normalized spacial score (nSPS) is 6.14. The predicted molar refractivity (Wildman–Crippen MR) is 25.5 cm³/mol. The topological polar surface area (TPSA) is 0 Å². The number of hydrogen-bond donors (Lipinski definition) is 0. The third-order valence-electron chi connectivity index (χ3n) is 0.558. The van der Waals surface area contributed by atoms with Gasteiger partial charge >= 0.3 is 48.3 Å². The first-order valence-corrected chi connectivity index (χ1v) is 4.45. The molecule has 0 unspecified atom stereocenters. The minimum atomic E-state index is 0. The third kappa shape index (κ3) is 18.6. The van der Waals surface area contributed by atoms with Gasteiger partial charge in [0.05, 0.1) is 0 Å².